The lowest BCUT2D eigenvalue weighted by Crippen LogP contribution is -2.37. The Labute approximate surface area is 163 Å². The number of halogens is 2. The van der Waals surface area contributed by atoms with E-state index in [2.05, 4.69) is 34.9 Å². The Morgan fingerprint density at radius 3 is 2.04 bits per heavy atom. The second kappa shape index (κ2) is 8.79. The Bertz CT molecular complexity index is 832. The van der Waals surface area contributed by atoms with Crippen molar-refractivity contribution in [3.8, 4) is 0 Å². The smallest absolute Gasteiger partial charge is 0.167 e. The lowest BCUT2D eigenvalue weighted by Gasteiger charge is -2.22. The predicted octanol–water partition coefficient (Wildman–Crippen LogP) is 5.23. The topological polar surface area (TPSA) is 24.1 Å². The molecule has 0 saturated heterocycles. The summed E-state index contributed by atoms with van der Waals surface area (Å²) in [5, 5.41) is 7.38. The van der Waals surface area contributed by atoms with Crippen LogP contribution in [0.1, 0.15) is 22.7 Å². The second-order valence-corrected chi connectivity index (χ2v) is 6.63. The maximum Gasteiger partial charge on any atom is 0.167 e. The van der Waals surface area contributed by atoms with Crippen LogP contribution in [0.5, 0.6) is 0 Å². The highest BCUT2D eigenvalue weighted by molar-refractivity contribution is 7.80. The third-order valence-corrected chi connectivity index (χ3v) is 4.61. The van der Waals surface area contributed by atoms with Crippen LogP contribution in [0.4, 0.5) is 4.39 Å². The number of hydrogen-bond acceptors (Lipinski definition) is 1. The Kier molecular flexibility index (Phi) is 6.21. The van der Waals surface area contributed by atoms with Crippen molar-refractivity contribution in [1.29, 1.82) is 0 Å². The Hall–Kier alpha value is -2.43. The monoisotopic (exact) mass is 384 g/mol. The Morgan fingerprint density at radius 1 is 0.923 bits per heavy atom. The Morgan fingerprint density at radius 2 is 1.50 bits per heavy atom. The molecule has 0 radical (unpaired) electrons. The van der Waals surface area contributed by atoms with Crippen LogP contribution in [-0.2, 0) is 6.54 Å². The van der Waals surface area contributed by atoms with Gasteiger partial charge in [-0.15, -0.1) is 0 Å². The number of nitrogens with one attached hydrogen (secondary N) is 2. The van der Waals surface area contributed by atoms with Crippen LogP contribution in [0, 0.1) is 5.82 Å². The SMILES string of the molecule is Fc1ccc(CNC(=S)NC(c2ccccc2)c2ccccc2)c(Cl)c1. The fraction of sp³-hybridized carbons (Fsp3) is 0.0952. The van der Waals surface area contributed by atoms with Gasteiger partial charge in [0.15, 0.2) is 5.11 Å². The maximum absolute atomic E-state index is 13.2. The van der Waals surface area contributed by atoms with E-state index in [0.29, 0.717) is 16.7 Å². The van der Waals surface area contributed by atoms with Crippen LogP contribution in [0.25, 0.3) is 0 Å². The van der Waals surface area contributed by atoms with Gasteiger partial charge in [0.1, 0.15) is 5.82 Å². The van der Waals surface area contributed by atoms with Crippen molar-refractivity contribution in [3.05, 3.63) is 106 Å². The maximum atomic E-state index is 13.2. The number of thiocarbonyl (C=S) groups is 1. The van der Waals surface area contributed by atoms with Crippen molar-refractivity contribution < 1.29 is 4.39 Å². The van der Waals surface area contributed by atoms with Gasteiger partial charge in [0.25, 0.3) is 0 Å². The molecule has 132 valence electrons. The number of hydrogen-bond donors (Lipinski definition) is 2. The Balaban J connectivity index is 1.71. The molecule has 0 aliphatic rings. The van der Waals surface area contributed by atoms with E-state index in [4.69, 9.17) is 23.8 Å². The summed E-state index contributed by atoms with van der Waals surface area (Å²) in [6, 6.07) is 24.5. The lowest BCUT2D eigenvalue weighted by atomic mass is 9.99. The summed E-state index contributed by atoms with van der Waals surface area (Å²) in [7, 11) is 0. The van der Waals surface area contributed by atoms with E-state index >= 15 is 0 Å². The molecular formula is C21H18ClFN2S. The average molecular weight is 385 g/mol. The molecule has 0 heterocycles. The summed E-state index contributed by atoms with van der Waals surface area (Å²) in [6.07, 6.45) is 0. The molecular weight excluding hydrogens is 367 g/mol. The first-order valence-electron chi connectivity index (χ1n) is 8.21. The van der Waals surface area contributed by atoms with Gasteiger partial charge in [0.2, 0.25) is 0 Å². The van der Waals surface area contributed by atoms with Gasteiger partial charge in [-0.3, -0.25) is 0 Å². The van der Waals surface area contributed by atoms with Crippen LogP contribution >= 0.6 is 23.8 Å². The van der Waals surface area contributed by atoms with Crippen LogP contribution in [-0.4, -0.2) is 5.11 Å². The first kappa shape index (κ1) is 18.4. The van der Waals surface area contributed by atoms with Crippen molar-refractivity contribution in [2.75, 3.05) is 0 Å². The highest BCUT2D eigenvalue weighted by Gasteiger charge is 2.14. The van der Waals surface area contributed by atoms with Gasteiger partial charge in [-0.05, 0) is 41.0 Å². The molecule has 0 amide bonds. The van der Waals surface area contributed by atoms with Gasteiger partial charge in [-0.25, -0.2) is 4.39 Å². The zero-order chi connectivity index (χ0) is 18.4. The van der Waals surface area contributed by atoms with Crippen molar-refractivity contribution in [2.45, 2.75) is 12.6 Å². The zero-order valence-corrected chi connectivity index (χ0v) is 15.5. The molecule has 0 atom stereocenters. The van der Waals surface area contributed by atoms with E-state index in [9.17, 15) is 4.39 Å². The van der Waals surface area contributed by atoms with E-state index in [0.717, 1.165) is 16.7 Å². The average Bonchev–Trinajstić information content (AvgIpc) is 2.67. The first-order valence-corrected chi connectivity index (χ1v) is 9.00. The summed E-state index contributed by atoms with van der Waals surface area (Å²) in [4.78, 5) is 0. The molecule has 3 rings (SSSR count). The van der Waals surface area contributed by atoms with Crippen molar-refractivity contribution >= 4 is 28.9 Å². The summed E-state index contributed by atoms with van der Waals surface area (Å²) >= 11 is 11.5. The molecule has 0 saturated carbocycles. The molecule has 2 N–H and O–H groups in total. The molecule has 0 bridgehead atoms. The van der Waals surface area contributed by atoms with E-state index in [1.54, 1.807) is 6.07 Å². The van der Waals surface area contributed by atoms with E-state index in [1.165, 1.54) is 12.1 Å². The number of rotatable bonds is 5. The summed E-state index contributed by atoms with van der Waals surface area (Å²) < 4.78 is 13.2. The molecule has 5 heteroatoms. The molecule has 0 aliphatic heterocycles. The minimum Gasteiger partial charge on any atom is -0.359 e. The van der Waals surface area contributed by atoms with Crippen molar-refractivity contribution in [3.63, 3.8) is 0 Å². The summed E-state index contributed by atoms with van der Waals surface area (Å²) in [5.74, 6) is -0.354. The lowest BCUT2D eigenvalue weighted by molar-refractivity contribution is 0.626. The molecule has 0 aliphatic carbocycles. The van der Waals surface area contributed by atoms with E-state index < -0.39 is 0 Å². The molecule has 0 spiro atoms. The van der Waals surface area contributed by atoms with Gasteiger partial charge in [-0.1, -0.05) is 78.3 Å². The fourth-order valence-electron chi connectivity index (χ4n) is 2.67. The van der Waals surface area contributed by atoms with Crippen molar-refractivity contribution in [2.24, 2.45) is 0 Å². The summed E-state index contributed by atoms with van der Waals surface area (Å²) in [5.41, 5.74) is 3.01. The van der Waals surface area contributed by atoms with Crippen LogP contribution in [0.2, 0.25) is 5.02 Å². The number of benzene rings is 3. The molecule has 3 aromatic rings. The second-order valence-electron chi connectivity index (χ2n) is 5.82. The largest absolute Gasteiger partial charge is 0.359 e. The van der Waals surface area contributed by atoms with Crippen molar-refractivity contribution in [1.82, 2.24) is 10.6 Å². The highest BCUT2D eigenvalue weighted by atomic mass is 35.5. The van der Waals surface area contributed by atoms with Gasteiger partial charge in [0.05, 0.1) is 6.04 Å². The quantitative estimate of drug-likeness (QED) is 0.589. The van der Waals surface area contributed by atoms with Gasteiger partial charge >= 0.3 is 0 Å². The molecule has 0 unspecified atom stereocenters. The normalized spacial score (nSPS) is 10.6. The minimum atomic E-state index is -0.354. The van der Waals surface area contributed by atoms with E-state index in [-0.39, 0.29) is 11.9 Å². The minimum absolute atomic E-state index is 0.0684. The standard InChI is InChI=1S/C21H18ClFN2S/c22-19-13-18(23)12-11-17(19)14-24-21(26)25-20(15-7-3-1-4-8-15)16-9-5-2-6-10-16/h1-13,20H,14H2,(H2,24,25,26). The third kappa shape index (κ3) is 4.81. The molecule has 3 aromatic carbocycles. The van der Waals surface area contributed by atoms with E-state index in [1.807, 2.05) is 36.4 Å². The molecule has 2 nitrogen and oxygen atoms in total. The van der Waals surface area contributed by atoms with Crippen LogP contribution in [0.3, 0.4) is 0 Å². The predicted molar refractivity (Wildman–Crippen MR) is 109 cm³/mol. The molecule has 0 fully saturated rings. The van der Waals surface area contributed by atoms with Gasteiger partial charge < -0.3 is 10.6 Å². The first-order chi connectivity index (χ1) is 12.6. The van der Waals surface area contributed by atoms with Crippen LogP contribution in [0.15, 0.2) is 78.9 Å². The fourth-order valence-corrected chi connectivity index (χ4v) is 3.10. The zero-order valence-electron chi connectivity index (χ0n) is 14.0. The third-order valence-electron chi connectivity index (χ3n) is 4.00. The summed E-state index contributed by atoms with van der Waals surface area (Å²) in [6.45, 7) is 0.418. The van der Waals surface area contributed by atoms with Crippen LogP contribution < -0.4 is 10.6 Å². The highest BCUT2D eigenvalue weighted by Crippen LogP contribution is 2.22. The molecule has 26 heavy (non-hydrogen) atoms. The molecule has 0 aromatic heterocycles. The van der Waals surface area contributed by atoms with Gasteiger partial charge in [-0.2, -0.15) is 0 Å². The van der Waals surface area contributed by atoms with Gasteiger partial charge in [0, 0.05) is 11.6 Å².